The number of aromatic nitrogens is 3. The first-order valence-electron chi connectivity index (χ1n) is 4.75. The number of aryl methyl sites for hydroxylation is 1. The number of methoxy groups -OCH3 is 1. The van der Waals surface area contributed by atoms with Crippen molar-refractivity contribution in [1.29, 1.82) is 0 Å². The topological polar surface area (TPSA) is 39.9 Å². The van der Waals surface area contributed by atoms with Gasteiger partial charge < -0.3 is 4.74 Å². The van der Waals surface area contributed by atoms with E-state index in [0.29, 0.717) is 0 Å². The first-order chi connectivity index (χ1) is 7.24. The molecule has 0 amide bonds. The van der Waals surface area contributed by atoms with E-state index in [9.17, 15) is 0 Å². The average Bonchev–Trinajstić information content (AvgIpc) is 2.63. The van der Waals surface area contributed by atoms with E-state index in [2.05, 4.69) is 10.3 Å². The van der Waals surface area contributed by atoms with Gasteiger partial charge in [-0.1, -0.05) is 17.3 Å². The molecule has 1 heterocycles. The maximum Gasteiger partial charge on any atom is 0.113 e. The first kappa shape index (κ1) is 9.71. The lowest BCUT2D eigenvalue weighted by molar-refractivity contribution is 0.337. The summed E-state index contributed by atoms with van der Waals surface area (Å²) in [6.07, 6.45) is 1.65. The van der Waals surface area contributed by atoms with E-state index >= 15 is 0 Å². The molecule has 0 bridgehead atoms. The summed E-state index contributed by atoms with van der Waals surface area (Å²) in [7, 11) is 1.62. The molecule has 0 unspecified atom stereocenters. The Morgan fingerprint density at radius 2 is 2.27 bits per heavy atom. The molecule has 2 rings (SSSR count). The summed E-state index contributed by atoms with van der Waals surface area (Å²) in [6, 6.07) is 5.97. The van der Waals surface area contributed by atoms with E-state index in [0.717, 1.165) is 22.3 Å². The fourth-order valence-electron chi connectivity index (χ4n) is 1.60. The molecule has 0 radical (unpaired) electrons. The number of fused-ring (bicyclic) bond motifs is 1. The molecule has 0 spiro atoms. The van der Waals surface area contributed by atoms with E-state index in [-0.39, 0.29) is 0 Å². The van der Waals surface area contributed by atoms with Crippen molar-refractivity contribution in [3.63, 3.8) is 0 Å². The van der Waals surface area contributed by atoms with Gasteiger partial charge >= 0.3 is 0 Å². The number of benzene rings is 1. The van der Waals surface area contributed by atoms with E-state index < -0.39 is 0 Å². The number of allylic oxidation sites excluding steroid dienone is 1. The van der Waals surface area contributed by atoms with Crippen LogP contribution < -0.4 is 0 Å². The van der Waals surface area contributed by atoms with Crippen LogP contribution >= 0.6 is 0 Å². The molecule has 4 heteroatoms. The standard InChI is InChI=1S/C11H13N3O/c1-8-5-4-6-10-11(8)14(13-12-10)9(2)7-15-3/h4-7H,1-3H3/b9-7+. The van der Waals surface area contributed by atoms with E-state index in [1.807, 2.05) is 32.0 Å². The molecule has 0 atom stereocenters. The fraction of sp³-hybridized carbons (Fsp3) is 0.273. The quantitative estimate of drug-likeness (QED) is 0.702. The van der Waals surface area contributed by atoms with Crippen LogP contribution in [0.2, 0.25) is 0 Å². The van der Waals surface area contributed by atoms with Crippen LogP contribution in [0.4, 0.5) is 0 Å². The van der Waals surface area contributed by atoms with Crippen LogP contribution in [-0.4, -0.2) is 22.1 Å². The van der Waals surface area contributed by atoms with E-state index in [1.54, 1.807) is 18.1 Å². The Labute approximate surface area is 88.2 Å². The molecule has 78 valence electrons. The smallest absolute Gasteiger partial charge is 0.113 e. The average molecular weight is 203 g/mol. The molecule has 0 aliphatic carbocycles. The Hall–Kier alpha value is -1.84. The van der Waals surface area contributed by atoms with Crippen LogP contribution in [0.5, 0.6) is 0 Å². The third-order valence-corrected chi connectivity index (χ3v) is 2.29. The van der Waals surface area contributed by atoms with Crippen molar-refractivity contribution in [1.82, 2.24) is 15.0 Å². The lowest BCUT2D eigenvalue weighted by Crippen LogP contribution is -1.97. The van der Waals surface area contributed by atoms with Crippen molar-refractivity contribution in [3.8, 4) is 0 Å². The molecule has 0 saturated heterocycles. The molecule has 0 saturated carbocycles. The zero-order chi connectivity index (χ0) is 10.8. The molecule has 1 aromatic heterocycles. The van der Waals surface area contributed by atoms with Gasteiger partial charge in [0, 0.05) is 0 Å². The zero-order valence-corrected chi connectivity index (χ0v) is 9.06. The maximum absolute atomic E-state index is 4.97. The van der Waals surface area contributed by atoms with E-state index in [4.69, 9.17) is 4.74 Å². The molecule has 0 N–H and O–H groups in total. The minimum absolute atomic E-state index is 0.902. The van der Waals surface area contributed by atoms with Gasteiger partial charge in [-0.3, -0.25) is 0 Å². The predicted molar refractivity (Wildman–Crippen MR) is 59.2 cm³/mol. The van der Waals surface area contributed by atoms with Crippen molar-refractivity contribution in [2.24, 2.45) is 0 Å². The van der Waals surface area contributed by atoms with Crippen molar-refractivity contribution in [3.05, 3.63) is 30.0 Å². The van der Waals surface area contributed by atoms with Gasteiger partial charge in [0.15, 0.2) is 0 Å². The molecular weight excluding hydrogens is 190 g/mol. The van der Waals surface area contributed by atoms with Gasteiger partial charge in [-0.25, -0.2) is 4.68 Å². The Bertz CT molecular complexity index is 514. The monoisotopic (exact) mass is 203 g/mol. The highest BCUT2D eigenvalue weighted by molar-refractivity contribution is 5.80. The summed E-state index contributed by atoms with van der Waals surface area (Å²) < 4.78 is 6.75. The van der Waals surface area contributed by atoms with Crippen molar-refractivity contribution in [2.75, 3.05) is 7.11 Å². The number of rotatable bonds is 2. The second-order valence-electron chi connectivity index (χ2n) is 3.44. The molecule has 2 aromatic rings. The molecule has 0 aliphatic heterocycles. The Morgan fingerprint density at radius 3 is 3.00 bits per heavy atom. The minimum Gasteiger partial charge on any atom is -0.502 e. The van der Waals surface area contributed by atoms with Crippen LogP contribution in [0.1, 0.15) is 12.5 Å². The summed E-state index contributed by atoms with van der Waals surface area (Å²) in [4.78, 5) is 0. The third kappa shape index (κ3) is 1.58. The number of para-hydroxylation sites is 1. The molecule has 1 aromatic carbocycles. The normalized spacial score (nSPS) is 12.1. The van der Waals surface area contributed by atoms with Gasteiger partial charge in [0.05, 0.1) is 18.3 Å². The lowest BCUT2D eigenvalue weighted by Gasteiger charge is -2.03. The Kier molecular flexibility index (Phi) is 2.41. The van der Waals surface area contributed by atoms with Gasteiger partial charge in [0.2, 0.25) is 0 Å². The zero-order valence-electron chi connectivity index (χ0n) is 9.06. The predicted octanol–water partition coefficient (Wildman–Crippen LogP) is 2.20. The van der Waals surface area contributed by atoms with E-state index in [1.165, 1.54) is 0 Å². The summed E-state index contributed by atoms with van der Waals surface area (Å²) >= 11 is 0. The van der Waals surface area contributed by atoms with Gasteiger partial charge in [-0.05, 0) is 25.5 Å². The Balaban J connectivity index is 2.67. The number of nitrogens with zero attached hydrogens (tertiary/aromatic N) is 3. The van der Waals surface area contributed by atoms with Crippen molar-refractivity contribution >= 4 is 16.7 Å². The minimum atomic E-state index is 0.902. The summed E-state index contributed by atoms with van der Waals surface area (Å²) in [5.74, 6) is 0. The second-order valence-corrected chi connectivity index (χ2v) is 3.44. The highest BCUT2D eigenvalue weighted by Crippen LogP contribution is 2.18. The highest BCUT2D eigenvalue weighted by Gasteiger charge is 2.07. The first-order valence-corrected chi connectivity index (χ1v) is 4.75. The fourth-order valence-corrected chi connectivity index (χ4v) is 1.60. The summed E-state index contributed by atoms with van der Waals surface area (Å²) in [5.41, 5.74) is 4.00. The SMILES string of the molecule is CO/C=C(\C)n1nnc2cccc(C)c21. The highest BCUT2D eigenvalue weighted by atomic mass is 16.5. The molecule has 15 heavy (non-hydrogen) atoms. The van der Waals surface area contributed by atoms with Crippen molar-refractivity contribution < 1.29 is 4.74 Å². The lowest BCUT2D eigenvalue weighted by atomic mass is 10.2. The van der Waals surface area contributed by atoms with Crippen LogP contribution in [0.25, 0.3) is 16.7 Å². The maximum atomic E-state index is 4.97. The summed E-state index contributed by atoms with van der Waals surface area (Å²) in [6.45, 7) is 3.98. The van der Waals surface area contributed by atoms with Crippen LogP contribution in [-0.2, 0) is 4.74 Å². The largest absolute Gasteiger partial charge is 0.502 e. The van der Waals surface area contributed by atoms with Crippen molar-refractivity contribution in [2.45, 2.75) is 13.8 Å². The Morgan fingerprint density at radius 1 is 1.47 bits per heavy atom. The number of hydrogen-bond donors (Lipinski definition) is 0. The van der Waals surface area contributed by atoms with Gasteiger partial charge in [-0.15, -0.1) is 5.10 Å². The van der Waals surface area contributed by atoms with Crippen LogP contribution in [0, 0.1) is 6.92 Å². The second kappa shape index (κ2) is 3.73. The number of hydrogen-bond acceptors (Lipinski definition) is 3. The molecular formula is C11H13N3O. The number of ether oxygens (including phenoxy) is 1. The third-order valence-electron chi connectivity index (χ3n) is 2.29. The summed E-state index contributed by atoms with van der Waals surface area (Å²) in [5, 5.41) is 8.19. The van der Waals surface area contributed by atoms with Crippen LogP contribution in [0.15, 0.2) is 24.5 Å². The molecule has 0 aliphatic rings. The van der Waals surface area contributed by atoms with Gasteiger partial charge in [-0.2, -0.15) is 0 Å². The van der Waals surface area contributed by atoms with Gasteiger partial charge in [0.1, 0.15) is 11.8 Å². The molecule has 0 fully saturated rings. The van der Waals surface area contributed by atoms with Crippen LogP contribution in [0.3, 0.4) is 0 Å². The molecule has 4 nitrogen and oxygen atoms in total. The van der Waals surface area contributed by atoms with Gasteiger partial charge in [0.25, 0.3) is 0 Å².